The smallest absolute Gasteiger partial charge is 0.165 e. The van der Waals surface area contributed by atoms with Crippen molar-refractivity contribution in [3.05, 3.63) is 48.5 Å². The first-order chi connectivity index (χ1) is 11.2. The van der Waals surface area contributed by atoms with E-state index in [9.17, 15) is 10.2 Å². The second-order valence-corrected chi connectivity index (χ2v) is 5.88. The van der Waals surface area contributed by atoms with Gasteiger partial charge in [0.25, 0.3) is 0 Å². The molecule has 0 bridgehead atoms. The third-order valence-corrected chi connectivity index (χ3v) is 4.62. The van der Waals surface area contributed by atoms with Crippen molar-refractivity contribution in [1.29, 1.82) is 0 Å². The van der Waals surface area contributed by atoms with Gasteiger partial charge in [0.15, 0.2) is 11.5 Å². The molecular weight excluding hydrogens is 294 g/mol. The minimum atomic E-state index is -0.895. The van der Waals surface area contributed by atoms with Crippen LogP contribution in [0.4, 0.5) is 5.82 Å². The first kappa shape index (κ1) is 14.1. The van der Waals surface area contributed by atoms with Gasteiger partial charge in [-0.3, -0.25) is 0 Å². The molecule has 1 saturated carbocycles. The molecule has 0 saturated heterocycles. The zero-order valence-corrected chi connectivity index (χ0v) is 12.3. The van der Waals surface area contributed by atoms with Crippen LogP contribution >= 0.6 is 0 Å². The fourth-order valence-electron chi connectivity index (χ4n) is 3.43. The van der Waals surface area contributed by atoms with Gasteiger partial charge >= 0.3 is 0 Å². The Kier molecular flexibility index (Phi) is 3.24. The van der Waals surface area contributed by atoms with E-state index in [-0.39, 0.29) is 12.0 Å². The van der Waals surface area contributed by atoms with Crippen LogP contribution in [0.2, 0.25) is 0 Å². The van der Waals surface area contributed by atoms with Crippen molar-refractivity contribution in [2.24, 2.45) is 0 Å². The molecule has 23 heavy (non-hydrogen) atoms. The van der Waals surface area contributed by atoms with Crippen LogP contribution < -0.4 is 5.73 Å². The molecule has 118 valence electrons. The van der Waals surface area contributed by atoms with Crippen molar-refractivity contribution in [3.63, 3.8) is 0 Å². The highest BCUT2D eigenvalue weighted by Crippen LogP contribution is 2.42. The number of aliphatic hydroxyl groups is 2. The summed E-state index contributed by atoms with van der Waals surface area (Å²) in [4.78, 5) is 12.4. The number of imidazole rings is 1. The minimum Gasteiger partial charge on any atom is -0.390 e. The lowest BCUT2D eigenvalue weighted by molar-refractivity contribution is 0.0178. The summed E-state index contributed by atoms with van der Waals surface area (Å²) in [5.41, 5.74) is 7.91. The normalized spacial score (nSPS) is 27.6. The highest BCUT2D eigenvalue weighted by Gasteiger charge is 2.43. The van der Waals surface area contributed by atoms with Crippen LogP contribution in [-0.2, 0) is 0 Å². The number of aromatic nitrogens is 4. The maximum absolute atomic E-state index is 10.5. The number of rotatable bonds is 2. The van der Waals surface area contributed by atoms with Gasteiger partial charge in [0.2, 0.25) is 0 Å². The number of nitrogen functional groups attached to an aromatic ring is 1. The summed E-state index contributed by atoms with van der Waals surface area (Å²) in [5, 5.41) is 21.0. The lowest BCUT2D eigenvalue weighted by Gasteiger charge is -2.18. The molecule has 4 N–H and O–H groups in total. The number of aliphatic hydroxyl groups excluding tert-OH is 2. The molecule has 3 aromatic rings. The van der Waals surface area contributed by atoms with E-state index in [0.29, 0.717) is 23.4 Å². The topological polar surface area (TPSA) is 110 Å². The van der Waals surface area contributed by atoms with Crippen LogP contribution in [0.15, 0.2) is 43.0 Å². The maximum Gasteiger partial charge on any atom is 0.165 e. The van der Waals surface area contributed by atoms with Gasteiger partial charge in [-0.25, -0.2) is 15.0 Å². The van der Waals surface area contributed by atoms with Crippen LogP contribution in [0.25, 0.3) is 11.2 Å². The largest absolute Gasteiger partial charge is 0.390 e. The quantitative estimate of drug-likeness (QED) is 0.647. The lowest BCUT2D eigenvalue weighted by atomic mass is 9.95. The minimum absolute atomic E-state index is 0.132. The average Bonchev–Trinajstić information content (AvgIpc) is 3.12. The van der Waals surface area contributed by atoms with E-state index in [1.165, 1.54) is 6.33 Å². The predicted molar refractivity (Wildman–Crippen MR) is 84.6 cm³/mol. The van der Waals surface area contributed by atoms with Gasteiger partial charge in [0, 0.05) is 5.92 Å². The molecule has 4 atom stereocenters. The SMILES string of the molecule is Nc1ncnc2c1ncn2[C@@H]1CC(c2ccccc2)[C@@H](O)[C@H]1O. The lowest BCUT2D eigenvalue weighted by Crippen LogP contribution is -2.28. The van der Waals surface area contributed by atoms with Crippen LogP contribution in [0, 0.1) is 0 Å². The maximum atomic E-state index is 10.5. The fourth-order valence-corrected chi connectivity index (χ4v) is 3.43. The molecular formula is C16H17N5O2. The number of hydrogen-bond acceptors (Lipinski definition) is 6. The number of fused-ring (bicyclic) bond motifs is 1. The molecule has 2 aromatic heterocycles. The van der Waals surface area contributed by atoms with Crippen LogP contribution in [0.3, 0.4) is 0 Å². The Labute approximate surface area is 132 Å². The Hall–Kier alpha value is -2.51. The van der Waals surface area contributed by atoms with E-state index in [1.807, 2.05) is 30.3 Å². The van der Waals surface area contributed by atoms with Crippen molar-refractivity contribution in [2.45, 2.75) is 30.6 Å². The highest BCUT2D eigenvalue weighted by molar-refractivity contribution is 5.81. The van der Waals surface area contributed by atoms with E-state index in [0.717, 1.165) is 5.56 Å². The first-order valence-corrected chi connectivity index (χ1v) is 7.51. The summed E-state index contributed by atoms with van der Waals surface area (Å²) < 4.78 is 1.78. The zero-order valence-electron chi connectivity index (χ0n) is 12.3. The van der Waals surface area contributed by atoms with Gasteiger partial charge in [0.1, 0.15) is 17.9 Å². The Morgan fingerprint density at radius 3 is 2.61 bits per heavy atom. The summed E-state index contributed by atoms with van der Waals surface area (Å²) in [6.45, 7) is 0. The van der Waals surface area contributed by atoms with Crippen molar-refractivity contribution in [1.82, 2.24) is 19.5 Å². The number of benzene rings is 1. The Balaban J connectivity index is 1.73. The van der Waals surface area contributed by atoms with E-state index in [1.54, 1.807) is 10.9 Å². The summed E-state index contributed by atoms with van der Waals surface area (Å²) in [5.74, 6) is 0.175. The van der Waals surface area contributed by atoms with Crippen molar-refractivity contribution >= 4 is 17.0 Å². The van der Waals surface area contributed by atoms with Gasteiger partial charge in [-0.2, -0.15) is 0 Å². The third-order valence-electron chi connectivity index (χ3n) is 4.62. The molecule has 1 aliphatic rings. The fraction of sp³-hybridized carbons (Fsp3) is 0.312. The Morgan fingerprint density at radius 2 is 1.83 bits per heavy atom. The van der Waals surface area contributed by atoms with Crippen molar-refractivity contribution in [2.75, 3.05) is 5.73 Å². The van der Waals surface area contributed by atoms with E-state index >= 15 is 0 Å². The molecule has 0 aliphatic heterocycles. The molecule has 0 amide bonds. The molecule has 7 heteroatoms. The van der Waals surface area contributed by atoms with Crippen LogP contribution in [0.1, 0.15) is 23.9 Å². The number of anilines is 1. The van der Waals surface area contributed by atoms with Crippen LogP contribution in [-0.4, -0.2) is 41.9 Å². The zero-order chi connectivity index (χ0) is 16.0. The number of hydrogen-bond donors (Lipinski definition) is 3. The van der Waals surface area contributed by atoms with E-state index in [2.05, 4.69) is 15.0 Å². The van der Waals surface area contributed by atoms with E-state index in [4.69, 9.17) is 5.73 Å². The second-order valence-electron chi connectivity index (χ2n) is 5.88. The van der Waals surface area contributed by atoms with Gasteiger partial charge < -0.3 is 20.5 Å². The predicted octanol–water partition coefficient (Wildman–Crippen LogP) is 0.859. The average molecular weight is 311 g/mol. The molecule has 2 heterocycles. The standard InChI is InChI=1S/C16H17N5O2/c17-15-12-16(19-7-18-15)21(8-20-12)11-6-10(13(22)14(11)23)9-4-2-1-3-5-9/h1-5,7-8,10-11,13-14,22-23H,6H2,(H2,17,18,19)/t10?,11-,13-,14+/m1/s1. The summed E-state index contributed by atoms with van der Waals surface area (Å²) in [7, 11) is 0. The summed E-state index contributed by atoms with van der Waals surface area (Å²) in [6.07, 6.45) is 1.85. The van der Waals surface area contributed by atoms with Gasteiger partial charge in [-0.05, 0) is 12.0 Å². The molecule has 1 unspecified atom stereocenters. The van der Waals surface area contributed by atoms with Crippen LogP contribution in [0.5, 0.6) is 0 Å². The first-order valence-electron chi connectivity index (χ1n) is 7.51. The monoisotopic (exact) mass is 311 g/mol. The highest BCUT2D eigenvalue weighted by atomic mass is 16.3. The Bertz CT molecular complexity index is 835. The number of nitrogens with two attached hydrogens (primary N) is 1. The number of nitrogens with zero attached hydrogens (tertiary/aromatic N) is 4. The molecule has 7 nitrogen and oxygen atoms in total. The molecule has 1 aromatic carbocycles. The molecule has 4 rings (SSSR count). The second kappa shape index (κ2) is 5.29. The van der Waals surface area contributed by atoms with Crippen molar-refractivity contribution in [3.8, 4) is 0 Å². The Morgan fingerprint density at radius 1 is 1.04 bits per heavy atom. The van der Waals surface area contributed by atoms with E-state index < -0.39 is 12.2 Å². The molecule has 1 aliphatic carbocycles. The molecule has 1 fully saturated rings. The summed E-state index contributed by atoms with van der Waals surface area (Å²) in [6, 6.07) is 9.42. The van der Waals surface area contributed by atoms with Gasteiger partial charge in [-0.1, -0.05) is 30.3 Å². The summed E-state index contributed by atoms with van der Waals surface area (Å²) >= 11 is 0. The molecule has 0 spiro atoms. The van der Waals surface area contributed by atoms with Gasteiger partial charge in [0.05, 0.1) is 18.5 Å². The third kappa shape index (κ3) is 2.16. The molecule has 0 radical (unpaired) electrons. The van der Waals surface area contributed by atoms with Gasteiger partial charge in [-0.15, -0.1) is 0 Å². The van der Waals surface area contributed by atoms with Crippen molar-refractivity contribution < 1.29 is 10.2 Å².